The van der Waals surface area contributed by atoms with Gasteiger partial charge in [-0.15, -0.1) is 11.6 Å². The van der Waals surface area contributed by atoms with E-state index < -0.39 is 46.3 Å². The first-order valence-electron chi connectivity index (χ1n) is 9.69. The summed E-state index contributed by atoms with van der Waals surface area (Å²) in [4.78, 5) is 25.0. The fraction of sp³-hybridized carbons (Fsp3) is 0.800. The van der Waals surface area contributed by atoms with Crippen molar-refractivity contribution in [1.82, 2.24) is 0 Å². The van der Waals surface area contributed by atoms with Crippen molar-refractivity contribution in [3.8, 4) is 0 Å². The number of aliphatic hydroxyl groups excluding tert-OH is 1. The Hall–Kier alpha value is -1.15. The molecule has 0 spiro atoms. The highest BCUT2D eigenvalue weighted by atomic mass is 35.5. The number of carbonyl (C=O) groups is 2. The molecule has 28 heavy (non-hydrogen) atoms. The lowest BCUT2D eigenvalue weighted by Gasteiger charge is -2.57. The van der Waals surface area contributed by atoms with Crippen molar-refractivity contribution in [2.75, 3.05) is 0 Å². The lowest BCUT2D eigenvalue weighted by atomic mass is 9.51. The second-order valence-electron chi connectivity index (χ2n) is 8.96. The molecule has 0 aromatic heterocycles. The van der Waals surface area contributed by atoms with Crippen LogP contribution in [0.1, 0.15) is 53.9 Å². The van der Waals surface area contributed by atoms with Gasteiger partial charge >= 0.3 is 11.9 Å². The van der Waals surface area contributed by atoms with Gasteiger partial charge in [0.15, 0.2) is 5.60 Å². The minimum absolute atomic E-state index is 0.158. The molecular weight excluding hydrogens is 388 g/mol. The van der Waals surface area contributed by atoms with Crippen LogP contribution in [-0.4, -0.2) is 56.2 Å². The van der Waals surface area contributed by atoms with Gasteiger partial charge in [-0.2, -0.15) is 0 Å². The molecule has 0 saturated heterocycles. The molecule has 3 rings (SSSR count). The van der Waals surface area contributed by atoms with Crippen LogP contribution < -0.4 is 0 Å². The summed E-state index contributed by atoms with van der Waals surface area (Å²) in [6.07, 6.45) is -0.345. The van der Waals surface area contributed by atoms with Crippen molar-refractivity contribution in [3.05, 3.63) is 11.1 Å². The molecule has 0 bridgehead atoms. The van der Waals surface area contributed by atoms with Crippen LogP contribution in [0.25, 0.3) is 0 Å². The average molecular weight is 417 g/mol. The molecule has 2 unspecified atom stereocenters. The van der Waals surface area contributed by atoms with Crippen LogP contribution in [0, 0.1) is 17.3 Å². The Labute approximate surface area is 169 Å². The topological polar surface area (TPSA) is 113 Å². The van der Waals surface area contributed by atoms with Crippen LogP contribution in [-0.2, 0) is 19.1 Å². The Kier molecular flexibility index (Phi) is 5.15. The molecule has 1 aliphatic heterocycles. The minimum atomic E-state index is -1.96. The first-order valence-corrected chi connectivity index (χ1v) is 10.1. The van der Waals surface area contributed by atoms with E-state index in [0.29, 0.717) is 12.8 Å². The highest BCUT2D eigenvalue weighted by molar-refractivity contribution is 6.22. The molecule has 8 heteroatoms. The smallest absolute Gasteiger partial charge is 0.340 e. The van der Waals surface area contributed by atoms with Gasteiger partial charge in [0.25, 0.3) is 0 Å². The summed E-state index contributed by atoms with van der Waals surface area (Å²) >= 11 is 5.97. The van der Waals surface area contributed by atoms with Crippen LogP contribution in [0.15, 0.2) is 11.1 Å². The van der Waals surface area contributed by atoms with Crippen LogP contribution in [0.4, 0.5) is 0 Å². The number of ether oxygens (including phenoxy) is 2. The van der Waals surface area contributed by atoms with E-state index in [1.807, 2.05) is 13.8 Å². The molecule has 8 atom stereocenters. The minimum Gasteiger partial charge on any atom is -0.455 e. The van der Waals surface area contributed by atoms with Crippen molar-refractivity contribution in [2.24, 2.45) is 17.3 Å². The van der Waals surface area contributed by atoms with Gasteiger partial charge in [0.05, 0.1) is 17.1 Å². The number of esters is 2. The van der Waals surface area contributed by atoms with Gasteiger partial charge < -0.3 is 24.8 Å². The van der Waals surface area contributed by atoms with E-state index in [4.69, 9.17) is 21.1 Å². The number of hydrogen-bond acceptors (Lipinski definition) is 7. The van der Waals surface area contributed by atoms with E-state index in [1.54, 1.807) is 0 Å². The molecule has 0 amide bonds. The third-order valence-electron chi connectivity index (χ3n) is 7.40. The summed E-state index contributed by atoms with van der Waals surface area (Å²) in [7, 11) is 0. The van der Waals surface area contributed by atoms with E-state index >= 15 is 0 Å². The summed E-state index contributed by atoms with van der Waals surface area (Å²) in [5.74, 6) is -3.89. The quantitative estimate of drug-likeness (QED) is 0.473. The average Bonchev–Trinajstić information content (AvgIpc) is 2.82. The molecule has 3 N–H and O–H groups in total. The first-order chi connectivity index (χ1) is 12.8. The number of aliphatic hydroxyl groups is 3. The Morgan fingerprint density at radius 2 is 2.04 bits per heavy atom. The zero-order chi connectivity index (χ0) is 21.2. The van der Waals surface area contributed by atoms with Crippen LogP contribution in [0.3, 0.4) is 0 Å². The normalized spacial score (nSPS) is 43.5. The molecule has 0 aromatic carbocycles. The molecule has 158 valence electrons. The Balaban J connectivity index is 2.12. The van der Waals surface area contributed by atoms with Crippen molar-refractivity contribution in [3.63, 3.8) is 0 Å². The number of carbonyl (C=O) groups excluding carboxylic acids is 2. The second-order valence-corrected chi connectivity index (χ2v) is 9.62. The fourth-order valence-electron chi connectivity index (χ4n) is 4.95. The zero-order valence-corrected chi connectivity index (χ0v) is 17.6. The largest absolute Gasteiger partial charge is 0.455 e. The van der Waals surface area contributed by atoms with Crippen molar-refractivity contribution >= 4 is 23.5 Å². The van der Waals surface area contributed by atoms with Crippen LogP contribution in [0.2, 0.25) is 0 Å². The van der Waals surface area contributed by atoms with Gasteiger partial charge in [0.2, 0.25) is 5.79 Å². The van der Waals surface area contributed by atoms with Gasteiger partial charge in [-0.1, -0.05) is 13.8 Å². The molecule has 3 aliphatic rings. The third kappa shape index (κ3) is 2.90. The summed E-state index contributed by atoms with van der Waals surface area (Å²) in [5, 5.41) is 31.2. The van der Waals surface area contributed by atoms with Crippen molar-refractivity contribution in [1.29, 1.82) is 0 Å². The second kappa shape index (κ2) is 6.69. The summed E-state index contributed by atoms with van der Waals surface area (Å²) in [6, 6.07) is 0. The Morgan fingerprint density at radius 1 is 1.43 bits per heavy atom. The highest BCUT2D eigenvalue weighted by Crippen LogP contribution is 2.60. The number of alkyl halides is 1. The van der Waals surface area contributed by atoms with Gasteiger partial charge in [0.1, 0.15) is 6.10 Å². The number of hydrogen-bond donors (Lipinski definition) is 3. The molecule has 2 fully saturated rings. The van der Waals surface area contributed by atoms with E-state index in [0.717, 1.165) is 0 Å². The molecular formula is C20H29ClO7. The zero-order valence-electron chi connectivity index (χ0n) is 16.9. The van der Waals surface area contributed by atoms with E-state index in [2.05, 4.69) is 0 Å². The van der Waals surface area contributed by atoms with Gasteiger partial charge in [0, 0.05) is 17.4 Å². The molecule has 1 heterocycles. The predicted molar refractivity (Wildman–Crippen MR) is 100 cm³/mol. The van der Waals surface area contributed by atoms with Gasteiger partial charge in [-0.05, 0) is 45.4 Å². The van der Waals surface area contributed by atoms with E-state index in [9.17, 15) is 24.9 Å². The number of rotatable bonds is 3. The monoisotopic (exact) mass is 416 g/mol. The summed E-state index contributed by atoms with van der Waals surface area (Å²) < 4.78 is 11.0. The maximum absolute atomic E-state index is 12.8. The summed E-state index contributed by atoms with van der Waals surface area (Å²) in [5.41, 5.74) is -2.33. The lowest BCUT2D eigenvalue weighted by Crippen LogP contribution is -2.62. The van der Waals surface area contributed by atoms with Crippen LogP contribution >= 0.6 is 11.6 Å². The van der Waals surface area contributed by atoms with Crippen molar-refractivity contribution < 1.29 is 34.4 Å². The highest BCUT2D eigenvalue weighted by Gasteiger charge is 2.65. The van der Waals surface area contributed by atoms with Gasteiger partial charge in [-0.25, -0.2) is 9.59 Å². The predicted octanol–water partition coefficient (Wildman–Crippen LogP) is 1.66. The van der Waals surface area contributed by atoms with E-state index in [1.165, 1.54) is 20.8 Å². The van der Waals surface area contributed by atoms with E-state index in [-0.39, 0.29) is 29.4 Å². The molecule has 0 aromatic rings. The molecule has 0 radical (unpaired) electrons. The Morgan fingerprint density at radius 3 is 2.61 bits per heavy atom. The fourth-order valence-corrected chi connectivity index (χ4v) is 5.04. The molecule has 2 aliphatic carbocycles. The lowest BCUT2D eigenvalue weighted by molar-refractivity contribution is -0.237. The standard InChI is InChI=1S/C20H29ClO7/c1-9-14-15(27-17(24)19(5,25)11(3)21)18(4)10(2)13(22)7-6-12(18)8-20(14,26)28-16(9)23/h10-13,15,22,25-26H,6-8H2,1-5H3/t10-,11?,12+,13-,15+,18+,19?,20-/m0/s1. The maximum Gasteiger partial charge on any atom is 0.340 e. The number of halogens is 1. The summed E-state index contributed by atoms with van der Waals surface area (Å²) in [6.45, 7) is 8.03. The number of fused-ring (bicyclic) bond motifs is 2. The SMILES string of the molecule is CC1=C2[C@@H](OC(=O)C(C)(O)C(C)Cl)[C@@]3(C)[C@H](CC[C@H](O)[C@@H]3C)C[C@]2(O)OC1=O. The van der Waals surface area contributed by atoms with Crippen molar-refractivity contribution in [2.45, 2.75) is 82.9 Å². The maximum atomic E-state index is 12.8. The Bertz CT molecular complexity index is 730. The first kappa shape index (κ1) is 21.6. The molecule has 2 saturated carbocycles. The third-order valence-corrected chi connectivity index (χ3v) is 7.83. The van der Waals surface area contributed by atoms with Gasteiger partial charge in [-0.3, -0.25) is 0 Å². The molecule has 7 nitrogen and oxygen atoms in total. The van der Waals surface area contributed by atoms with Crippen LogP contribution in [0.5, 0.6) is 0 Å².